The molecule has 0 fully saturated rings. The third-order valence-corrected chi connectivity index (χ3v) is 0.975. The Kier molecular flexibility index (Phi) is 5.57. The van der Waals surface area contributed by atoms with Gasteiger partial charge in [-0.15, -0.1) is 6.58 Å². The first kappa shape index (κ1) is 8.66. The van der Waals surface area contributed by atoms with Gasteiger partial charge in [0.2, 0.25) is 0 Å². The van der Waals surface area contributed by atoms with Crippen LogP contribution in [0, 0.1) is 0 Å². The van der Waals surface area contributed by atoms with Crippen molar-refractivity contribution in [3.63, 3.8) is 0 Å². The molecule has 0 heterocycles. The lowest BCUT2D eigenvalue weighted by atomic mass is 10.4. The molecule has 0 aromatic rings. The van der Waals surface area contributed by atoms with Gasteiger partial charge in [-0.2, -0.15) is 0 Å². The van der Waals surface area contributed by atoms with Crippen LogP contribution < -0.4 is 0 Å². The summed E-state index contributed by atoms with van der Waals surface area (Å²) < 4.78 is 10.1. The highest BCUT2D eigenvalue weighted by atomic mass is 16.7. The number of hydrogen-bond donors (Lipinski definition) is 0. The van der Waals surface area contributed by atoms with E-state index in [9.17, 15) is 0 Å². The fourth-order valence-corrected chi connectivity index (χ4v) is 0.554. The zero-order valence-electron chi connectivity index (χ0n) is 6.09. The minimum Gasteiger partial charge on any atom is -0.356 e. The molecule has 0 saturated heterocycles. The van der Waals surface area contributed by atoms with Crippen LogP contribution in [0.15, 0.2) is 12.7 Å². The molecule has 2 heteroatoms. The lowest BCUT2D eigenvalue weighted by Gasteiger charge is -2.11. The van der Waals surface area contributed by atoms with E-state index in [4.69, 9.17) is 9.47 Å². The molecule has 1 unspecified atom stereocenters. The molecule has 54 valence electrons. The second-order valence-corrected chi connectivity index (χ2v) is 1.64. The minimum absolute atomic E-state index is 0.104. The van der Waals surface area contributed by atoms with Crippen LogP contribution in [0.25, 0.3) is 0 Å². The number of ether oxygens (including phenoxy) is 2. The lowest BCUT2D eigenvalue weighted by molar-refractivity contribution is -0.116. The standard InChI is InChI=1S/C7H14O2/c1-4-6-7(8-3)9-5-2/h4,7H,1,5-6H2,2-3H3. The molecule has 0 bridgehead atoms. The molecule has 0 rings (SSSR count). The Bertz CT molecular complexity index is 71.3. The molecule has 0 saturated carbocycles. The van der Waals surface area contributed by atoms with Gasteiger partial charge in [-0.05, 0) is 6.92 Å². The van der Waals surface area contributed by atoms with Gasteiger partial charge < -0.3 is 9.47 Å². The fourth-order valence-electron chi connectivity index (χ4n) is 0.554. The van der Waals surface area contributed by atoms with Gasteiger partial charge in [0.15, 0.2) is 6.29 Å². The summed E-state index contributed by atoms with van der Waals surface area (Å²) in [5, 5.41) is 0. The molecular formula is C7H14O2. The molecule has 0 aliphatic heterocycles. The van der Waals surface area contributed by atoms with E-state index >= 15 is 0 Å². The molecule has 0 aromatic carbocycles. The normalized spacial score (nSPS) is 13.1. The molecule has 2 nitrogen and oxygen atoms in total. The fraction of sp³-hybridized carbons (Fsp3) is 0.714. The molecule has 0 radical (unpaired) electrons. The van der Waals surface area contributed by atoms with Crippen molar-refractivity contribution in [1.82, 2.24) is 0 Å². The maximum absolute atomic E-state index is 5.14. The highest BCUT2D eigenvalue weighted by Gasteiger charge is 2.00. The molecule has 0 N–H and O–H groups in total. The van der Waals surface area contributed by atoms with Crippen LogP contribution in [0.2, 0.25) is 0 Å². The monoisotopic (exact) mass is 130 g/mol. The third kappa shape index (κ3) is 4.18. The van der Waals surface area contributed by atoms with Crippen molar-refractivity contribution in [2.45, 2.75) is 19.6 Å². The zero-order chi connectivity index (χ0) is 7.11. The van der Waals surface area contributed by atoms with Crippen molar-refractivity contribution in [1.29, 1.82) is 0 Å². The topological polar surface area (TPSA) is 18.5 Å². The van der Waals surface area contributed by atoms with E-state index in [-0.39, 0.29) is 6.29 Å². The predicted octanol–water partition coefficient (Wildman–Crippen LogP) is 1.57. The highest BCUT2D eigenvalue weighted by molar-refractivity contribution is 4.67. The van der Waals surface area contributed by atoms with Crippen LogP contribution in [0.1, 0.15) is 13.3 Å². The lowest BCUT2D eigenvalue weighted by Crippen LogP contribution is -2.13. The van der Waals surface area contributed by atoms with Gasteiger partial charge >= 0.3 is 0 Å². The van der Waals surface area contributed by atoms with E-state index in [2.05, 4.69) is 6.58 Å². The van der Waals surface area contributed by atoms with E-state index in [1.807, 2.05) is 6.92 Å². The van der Waals surface area contributed by atoms with E-state index < -0.39 is 0 Å². The third-order valence-electron chi connectivity index (χ3n) is 0.975. The quantitative estimate of drug-likeness (QED) is 0.415. The van der Waals surface area contributed by atoms with Crippen molar-refractivity contribution in [3.05, 3.63) is 12.7 Å². The molecule has 0 aliphatic carbocycles. The van der Waals surface area contributed by atoms with Gasteiger partial charge in [-0.1, -0.05) is 6.08 Å². The van der Waals surface area contributed by atoms with Crippen LogP contribution in [-0.2, 0) is 9.47 Å². The number of rotatable bonds is 5. The molecular weight excluding hydrogens is 116 g/mol. The largest absolute Gasteiger partial charge is 0.356 e. The van der Waals surface area contributed by atoms with E-state index in [1.54, 1.807) is 13.2 Å². The SMILES string of the molecule is C=CCC(OC)OCC. The predicted molar refractivity (Wildman–Crippen MR) is 37.2 cm³/mol. The first-order valence-electron chi connectivity index (χ1n) is 3.10. The Morgan fingerprint density at radius 3 is 2.67 bits per heavy atom. The molecule has 0 spiro atoms. The van der Waals surface area contributed by atoms with Crippen LogP contribution in [-0.4, -0.2) is 20.0 Å². The summed E-state index contributed by atoms with van der Waals surface area (Å²) >= 11 is 0. The Morgan fingerprint density at radius 2 is 2.33 bits per heavy atom. The van der Waals surface area contributed by atoms with Gasteiger partial charge in [-0.25, -0.2) is 0 Å². The maximum atomic E-state index is 5.14. The Morgan fingerprint density at radius 1 is 1.67 bits per heavy atom. The first-order chi connectivity index (χ1) is 4.35. The zero-order valence-corrected chi connectivity index (χ0v) is 6.09. The first-order valence-corrected chi connectivity index (χ1v) is 3.10. The summed E-state index contributed by atoms with van der Waals surface area (Å²) in [5.41, 5.74) is 0. The van der Waals surface area contributed by atoms with Crippen molar-refractivity contribution in [3.8, 4) is 0 Å². The van der Waals surface area contributed by atoms with E-state index in [1.165, 1.54) is 0 Å². The average molecular weight is 130 g/mol. The average Bonchev–Trinajstić information content (AvgIpc) is 1.88. The van der Waals surface area contributed by atoms with Crippen molar-refractivity contribution in [2.75, 3.05) is 13.7 Å². The Hall–Kier alpha value is -0.340. The summed E-state index contributed by atoms with van der Waals surface area (Å²) in [6.07, 6.45) is 2.43. The summed E-state index contributed by atoms with van der Waals surface area (Å²) in [6.45, 7) is 6.20. The van der Waals surface area contributed by atoms with Crippen molar-refractivity contribution in [2.24, 2.45) is 0 Å². The summed E-state index contributed by atoms with van der Waals surface area (Å²) in [4.78, 5) is 0. The van der Waals surface area contributed by atoms with Crippen LogP contribution in [0.3, 0.4) is 0 Å². The van der Waals surface area contributed by atoms with Gasteiger partial charge in [0.1, 0.15) is 0 Å². The second kappa shape index (κ2) is 5.79. The Balaban J connectivity index is 3.28. The molecule has 0 amide bonds. The van der Waals surface area contributed by atoms with E-state index in [0.29, 0.717) is 6.61 Å². The van der Waals surface area contributed by atoms with Gasteiger partial charge in [0.05, 0.1) is 0 Å². The summed E-state index contributed by atoms with van der Waals surface area (Å²) in [7, 11) is 1.63. The van der Waals surface area contributed by atoms with Gasteiger partial charge in [0.25, 0.3) is 0 Å². The van der Waals surface area contributed by atoms with Crippen molar-refractivity contribution >= 4 is 0 Å². The summed E-state index contributed by atoms with van der Waals surface area (Å²) in [6, 6.07) is 0. The summed E-state index contributed by atoms with van der Waals surface area (Å²) in [5.74, 6) is 0. The second-order valence-electron chi connectivity index (χ2n) is 1.64. The van der Waals surface area contributed by atoms with E-state index in [0.717, 1.165) is 6.42 Å². The Labute approximate surface area is 56.5 Å². The highest BCUT2D eigenvalue weighted by Crippen LogP contribution is 1.98. The number of hydrogen-bond acceptors (Lipinski definition) is 2. The molecule has 0 aromatic heterocycles. The van der Waals surface area contributed by atoms with Crippen LogP contribution >= 0.6 is 0 Å². The van der Waals surface area contributed by atoms with Crippen LogP contribution in [0.5, 0.6) is 0 Å². The van der Waals surface area contributed by atoms with Crippen molar-refractivity contribution < 1.29 is 9.47 Å². The molecule has 9 heavy (non-hydrogen) atoms. The minimum atomic E-state index is -0.104. The van der Waals surface area contributed by atoms with Gasteiger partial charge in [-0.3, -0.25) is 0 Å². The maximum Gasteiger partial charge on any atom is 0.160 e. The van der Waals surface area contributed by atoms with Gasteiger partial charge in [0, 0.05) is 20.1 Å². The molecule has 1 atom stereocenters. The van der Waals surface area contributed by atoms with Crippen LogP contribution in [0.4, 0.5) is 0 Å². The molecule has 0 aliphatic rings. The number of methoxy groups -OCH3 is 1. The smallest absolute Gasteiger partial charge is 0.160 e.